The van der Waals surface area contributed by atoms with Gasteiger partial charge in [0.1, 0.15) is 5.69 Å². The van der Waals surface area contributed by atoms with Gasteiger partial charge in [-0.15, -0.1) is 0 Å². The van der Waals surface area contributed by atoms with Crippen molar-refractivity contribution in [2.24, 2.45) is 0 Å². The summed E-state index contributed by atoms with van der Waals surface area (Å²) in [6.07, 6.45) is 8.12. The Kier molecular flexibility index (Phi) is 5.67. The van der Waals surface area contributed by atoms with Crippen molar-refractivity contribution in [2.75, 3.05) is 32.7 Å². The third-order valence-corrected chi connectivity index (χ3v) is 4.84. The Balaban J connectivity index is 1.50. The Morgan fingerprint density at radius 1 is 1.39 bits per heavy atom. The zero-order valence-corrected chi connectivity index (χ0v) is 14.1. The first-order valence-electron chi connectivity index (χ1n) is 9.01. The van der Waals surface area contributed by atoms with Gasteiger partial charge in [0.15, 0.2) is 0 Å². The van der Waals surface area contributed by atoms with Gasteiger partial charge in [-0.2, -0.15) is 5.10 Å². The minimum Gasteiger partial charge on any atom is -0.347 e. The number of hydrogen-bond donors (Lipinski definition) is 2. The number of rotatable bonds is 5. The summed E-state index contributed by atoms with van der Waals surface area (Å²) in [5.74, 6) is -0.0583. The van der Waals surface area contributed by atoms with Crippen LogP contribution in [-0.2, 0) is 0 Å². The van der Waals surface area contributed by atoms with Gasteiger partial charge < -0.3 is 15.5 Å². The molecule has 3 rings (SSSR count). The minimum atomic E-state index is -0.0583. The van der Waals surface area contributed by atoms with E-state index in [-0.39, 0.29) is 11.9 Å². The molecule has 0 saturated carbocycles. The van der Waals surface area contributed by atoms with Crippen LogP contribution in [0.1, 0.15) is 55.6 Å². The molecule has 6 nitrogen and oxygen atoms in total. The van der Waals surface area contributed by atoms with Gasteiger partial charge in [-0.1, -0.05) is 6.42 Å². The molecule has 2 unspecified atom stereocenters. The van der Waals surface area contributed by atoms with Crippen LogP contribution < -0.4 is 10.6 Å². The second-order valence-corrected chi connectivity index (χ2v) is 6.92. The van der Waals surface area contributed by atoms with E-state index in [4.69, 9.17) is 0 Å². The van der Waals surface area contributed by atoms with Crippen LogP contribution in [0.2, 0.25) is 0 Å². The van der Waals surface area contributed by atoms with Gasteiger partial charge in [0.2, 0.25) is 0 Å². The van der Waals surface area contributed by atoms with E-state index in [1.165, 1.54) is 25.7 Å². The summed E-state index contributed by atoms with van der Waals surface area (Å²) < 4.78 is 1.94. The summed E-state index contributed by atoms with van der Waals surface area (Å²) >= 11 is 0. The van der Waals surface area contributed by atoms with Crippen molar-refractivity contribution in [3.8, 4) is 0 Å². The molecule has 3 heterocycles. The van der Waals surface area contributed by atoms with Crippen molar-refractivity contribution >= 4 is 5.91 Å². The molecule has 1 aromatic heterocycles. The molecule has 0 spiro atoms. The Hall–Kier alpha value is -1.40. The van der Waals surface area contributed by atoms with Crippen molar-refractivity contribution < 1.29 is 4.79 Å². The van der Waals surface area contributed by atoms with Gasteiger partial charge in [-0.25, -0.2) is 0 Å². The average Bonchev–Trinajstić information content (AvgIpc) is 3.06. The second kappa shape index (κ2) is 7.93. The number of likely N-dealkylation sites (tertiary alicyclic amines) is 1. The minimum absolute atomic E-state index is 0.0583. The zero-order chi connectivity index (χ0) is 16.1. The molecule has 6 heteroatoms. The molecule has 0 radical (unpaired) electrons. The first-order valence-corrected chi connectivity index (χ1v) is 9.01. The monoisotopic (exact) mass is 319 g/mol. The smallest absolute Gasteiger partial charge is 0.272 e. The number of nitrogens with zero attached hydrogens (tertiary/aromatic N) is 3. The second-order valence-electron chi connectivity index (χ2n) is 6.92. The molecule has 2 N–H and O–H groups in total. The first kappa shape index (κ1) is 16.5. The Bertz CT molecular complexity index is 503. The van der Waals surface area contributed by atoms with Gasteiger partial charge in [-0.3, -0.25) is 9.48 Å². The van der Waals surface area contributed by atoms with Crippen molar-refractivity contribution in [3.63, 3.8) is 0 Å². The number of piperidine rings is 2. The van der Waals surface area contributed by atoms with Crippen LogP contribution in [0.5, 0.6) is 0 Å². The molecule has 0 aliphatic carbocycles. The Labute approximate surface area is 138 Å². The summed E-state index contributed by atoms with van der Waals surface area (Å²) in [7, 11) is 0. The molecular formula is C17H29N5O. The molecule has 1 amide bonds. The third kappa shape index (κ3) is 4.54. The summed E-state index contributed by atoms with van der Waals surface area (Å²) in [4.78, 5) is 14.8. The van der Waals surface area contributed by atoms with Gasteiger partial charge in [-0.05, 0) is 58.3 Å². The normalized spacial score (nSPS) is 24.3. The molecule has 2 saturated heterocycles. The topological polar surface area (TPSA) is 62.2 Å². The lowest BCUT2D eigenvalue weighted by atomic mass is 10.1. The van der Waals surface area contributed by atoms with Crippen molar-refractivity contribution in [1.82, 2.24) is 25.3 Å². The van der Waals surface area contributed by atoms with Crippen molar-refractivity contribution in [3.05, 3.63) is 18.0 Å². The lowest BCUT2D eigenvalue weighted by Crippen LogP contribution is -2.43. The number of nitrogens with one attached hydrogen (secondary N) is 2. The molecular weight excluding hydrogens is 290 g/mol. The van der Waals surface area contributed by atoms with E-state index in [1.807, 2.05) is 16.9 Å². The summed E-state index contributed by atoms with van der Waals surface area (Å²) in [6, 6.07) is 2.36. The molecule has 2 atom stereocenters. The predicted octanol–water partition coefficient (Wildman–Crippen LogP) is 1.41. The van der Waals surface area contributed by atoms with Crippen molar-refractivity contribution in [1.29, 1.82) is 0 Å². The van der Waals surface area contributed by atoms with E-state index >= 15 is 0 Å². The fraction of sp³-hybridized carbons (Fsp3) is 0.765. The van der Waals surface area contributed by atoms with Crippen LogP contribution in [0.25, 0.3) is 0 Å². The number of hydrogen-bond acceptors (Lipinski definition) is 4. The SMILES string of the molecule is CC(CN1CCCCC1)NC(=O)c1ccn(C2CCCNC2)n1. The van der Waals surface area contributed by atoms with Gasteiger partial charge in [0, 0.05) is 25.3 Å². The number of aromatic nitrogens is 2. The highest BCUT2D eigenvalue weighted by molar-refractivity contribution is 5.92. The fourth-order valence-electron chi connectivity index (χ4n) is 3.59. The van der Waals surface area contributed by atoms with E-state index in [2.05, 4.69) is 27.6 Å². The highest BCUT2D eigenvalue weighted by Gasteiger charge is 2.19. The number of amides is 1. The maximum Gasteiger partial charge on any atom is 0.272 e. The number of carbonyl (C=O) groups excluding carboxylic acids is 1. The lowest BCUT2D eigenvalue weighted by Gasteiger charge is -2.29. The van der Waals surface area contributed by atoms with Crippen LogP contribution in [-0.4, -0.2) is 59.4 Å². The van der Waals surface area contributed by atoms with E-state index in [9.17, 15) is 4.79 Å². The maximum absolute atomic E-state index is 12.4. The van der Waals surface area contributed by atoms with E-state index in [0.717, 1.165) is 39.1 Å². The molecule has 128 valence electrons. The molecule has 2 fully saturated rings. The molecule has 2 aliphatic heterocycles. The van der Waals surface area contributed by atoms with Crippen LogP contribution in [0.3, 0.4) is 0 Å². The highest BCUT2D eigenvalue weighted by atomic mass is 16.2. The van der Waals surface area contributed by atoms with Crippen molar-refractivity contribution in [2.45, 2.75) is 51.1 Å². The predicted molar refractivity (Wildman–Crippen MR) is 90.6 cm³/mol. The maximum atomic E-state index is 12.4. The molecule has 1 aromatic rings. The van der Waals surface area contributed by atoms with Crippen LogP contribution in [0, 0.1) is 0 Å². The molecule has 0 aromatic carbocycles. The van der Waals surface area contributed by atoms with E-state index in [0.29, 0.717) is 11.7 Å². The molecule has 2 aliphatic rings. The molecule has 23 heavy (non-hydrogen) atoms. The standard InChI is InChI=1S/C17H29N5O/c1-14(13-21-9-3-2-4-10-21)19-17(23)16-7-11-22(20-16)15-6-5-8-18-12-15/h7,11,14-15,18H,2-6,8-10,12-13H2,1H3,(H,19,23). The van der Waals surface area contributed by atoms with Gasteiger partial charge >= 0.3 is 0 Å². The largest absolute Gasteiger partial charge is 0.347 e. The van der Waals surface area contributed by atoms with Crippen LogP contribution in [0.15, 0.2) is 12.3 Å². The van der Waals surface area contributed by atoms with Gasteiger partial charge in [0.05, 0.1) is 6.04 Å². The van der Waals surface area contributed by atoms with Gasteiger partial charge in [0.25, 0.3) is 5.91 Å². The molecule has 0 bridgehead atoms. The summed E-state index contributed by atoms with van der Waals surface area (Å²) in [6.45, 7) is 7.34. The summed E-state index contributed by atoms with van der Waals surface area (Å²) in [5.41, 5.74) is 0.529. The van der Waals surface area contributed by atoms with Crippen LogP contribution >= 0.6 is 0 Å². The van der Waals surface area contributed by atoms with E-state index in [1.54, 1.807) is 0 Å². The first-order chi connectivity index (χ1) is 11.2. The lowest BCUT2D eigenvalue weighted by molar-refractivity contribution is 0.0919. The quantitative estimate of drug-likeness (QED) is 0.861. The Morgan fingerprint density at radius 3 is 2.96 bits per heavy atom. The fourth-order valence-corrected chi connectivity index (χ4v) is 3.59. The zero-order valence-electron chi connectivity index (χ0n) is 14.1. The third-order valence-electron chi connectivity index (χ3n) is 4.84. The Morgan fingerprint density at radius 2 is 2.22 bits per heavy atom. The highest BCUT2D eigenvalue weighted by Crippen LogP contribution is 2.15. The summed E-state index contributed by atoms with van der Waals surface area (Å²) in [5, 5.41) is 11.0. The average molecular weight is 319 g/mol. The van der Waals surface area contributed by atoms with Crippen LogP contribution in [0.4, 0.5) is 0 Å². The number of carbonyl (C=O) groups is 1. The van der Waals surface area contributed by atoms with E-state index < -0.39 is 0 Å².